The smallest absolute Gasteiger partial charge is 0.243 e. The van der Waals surface area contributed by atoms with E-state index in [0.717, 1.165) is 24.1 Å². The van der Waals surface area contributed by atoms with E-state index in [-0.39, 0.29) is 35.9 Å². The molecule has 1 atom stereocenters. The van der Waals surface area contributed by atoms with Crippen molar-refractivity contribution in [2.45, 2.75) is 44.0 Å². The van der Waals surface area contributed by atoms with E-state index in [1.807, 2.05) is 30.3 Å². The Labute approximate surface area is 178 Å². The summed E-state index contributed by atoms with van der Waals surface area (Å²) in [7, 11) is -3.67. The maximum atomic E-state index is 13.1. The summed E-state index contributed by atoms with van der Waals surface area (Å²) in [6.45, 7) is 4.80. The summed E-state index contributed by atoms with van der Waals surface area (Å²) in [6, 6.07) is 14.7. The third-order valence-electron chi connectivity index (χ3n) is 5.50. The summed E-state index contributed by atoms with van der Waals surface area (Å²) in [6.07, 6.45) is 1.78. The van der Waals surface area contributed by atoms with Gasteiger partial charge in [0.1, 0.15) is 5.82 Å². The van der Waals surface area contributed by atoms with Crippen LogP contribution in [0.1, 0.15) is 44.7 Å². The molecule has 1 saturated heterocycles. The molecule has 0 spiro atoms. The van der Waals surface area contributed by atoms with Crippen LogP contribution in [0.5, 0.6) is 0 Å². The average molecular weight is 433 g/mol. The Kier molecular flexibility index (Phi) is 7.26. The van der Waals surface area contributed by atoms with Gasteiger partial charge in [-0.15, -0.1) is 0 Å². The predicted octanol–water partition coefficient (Wildman–Crippen LogP) is 4.13. The van der Waals surface area contributed by atoms with Gasteiger partial charge in [-0.1, -0.05) is 44.2 Å². The minimum Gasteiger partial charge on any atom is -0.349 e. The summed E-state index contributed by atoms with van der Waals surface area (Å²) in [5.74, 6) is -0.289. The van der Waals surface area contributed by atoms with Gasteiger partial charge >= 0.3 is 0 Å². The number of halogens is 1. The zero-order valence-corrected chi connectivity index (χ0v) is 18.2. The van der Waals surface area contributed by atoms with Crippen LogP contribution < -0.4 is 5.32 Å². The van der Waals surface area contributed by atoms with E-state index in [1.165, 1.54) is 16.4 Å². The molecule has 5 nitrogen and oxygen atoms in total. The van der Waals surface area contributed by atoms with E-state index < -0.39 is 15.8 Å². The van der Waals surface area contributed by atoms with Crippen molar-refractivity contribution in [2.24, 2.45) is 11.8 Å². The second kappa shape index (κ2) is 9.71. The van der Waals surface area contributed by atoms with Crippen LogP contribution in [-0.2, 0) is 14.8 Å². The Hall–Kier alpha value is -2.25. The fourth-order valence-corrected chi connectivity index (χ4v) is 5.31. The van der Waals surface area contributed by atoms with Gasteiger partial charge in [0.25, 0.3) is 0 Å². The molecule has 162 valence electrons. The molecule has 0 unspecified atom stereocenters. The number of nitrogens with one attached hydrogen (secondary N) is 1. The van der Waals surface area contributed by atoms with E-state index in [1.54, 1.807) is 0 Å². The fourth-order valence-electron chi connectivity index (χ4n) is 3.84. The first-order chi connectivity index (χ1) is 14.3. The third-order valence-corrected chi connectivity index (χ3v) is 7.41. The normalized spacial score (nSPS) is 17.1. The summed E-state index contributed by atoms with van der Waals surface area (Å²) >= 11 is 0. The van der Waals surface area contributed by atoms with E-state index >= 15 is 0 Å². The van der Waals surface area contributed by atoms with Crippen LogP contribution in [0.2, 0.25) is 0 Å². The minimum atomic E-state index is -3.67. The first-order valence-corrected chi connectivity index (χ1v) is 11.8. The van der Waals surface area contributed by atoms with Gasteiger partial charge in [0.15, 0.2) is 0 Å². The molecule has 1 heterocycles. The van der Waals surface area contributed by atoms with Gasteiger partial charge in [0.2, 0.25) is 15.9 Å². The second-order valence-electron chi connectivity index (χ2n) is 8.23. The largest absolute Gasteiger partial charge is 0.349 e. The second-order valence-corrected chi connectivity index (χ2v) is 10.2. The molecule has 0 bridgehead atoms. The van der Waals surface area contributed by atoms with E-state index in [9.17, 15) is 17.6 Å². The van der Waals surface area contributed by atoms with Crippen LogP contribution in [0.15, 0.2) is 59.5 Å². The van der Waals surface area contributed by atoms with Gasteiger partial charge in [-0.3, -0.25) is 4.79 Å². The molecular formula is C23H29FN2O3S. The quantitative estimate of drug-likeness (QED) is 0.715. The van der Waals surface area contributed by atoms with Crippen molar-refractivity contribution in [3.8, 4) is 0 Å². The van der Waals surface area contributed by atoms with Gasteiger partial charge in [0, 0.05) is 19.0 Å². The molecule has 30 heavy (non-hydrogen) atoms. The highest BCUT2D eigenvalue weighted by Gasteiger charge is 2.33. The summed E-state index contributed by atoms with van der Waals surface area (Å²) in [5.41, 5.74) is 1.08. The van der Waals surface area contributed by atoms with Crippen LogP contribution in [0.25, 0.3) is 0 Å². The number of piperidine rings is 1. The average Bonchev–Trinajstić information content (AvgIpc) is 2.74. The summed E-state index contributed by atoms with van der Waals surface area (Å²) < 4.78 is 40.0. The lowest BCUT2D eigenvalue weighted by atomic mass is 9.93. The predicted molar refractivity (Wildman–Crippen MR) is 115 cm³/mol. The molecule has 1 aliphatic heterocycles. The van der Waals surface area contributed by atoms with Crippen LogP contribution in [0.3, 0.4) is 0 Å². The van der Waals surface area contributed by atoms with Crippen molar-refractivity contribution in [1.29, 1.82) is 0 Å². The minimum absolute atomic E-state index is 0.0247. The Morgan fingerprint density at radius 2 is 1.67 bits per heavy atom. The highest BCUT2D eigenvalue weighted by atomic mass is 32.2. The lowest BCUT2D eigenvalue weighted by Gasteiger charge is -2.32. The van der Waals surface area contributed by atoms with Crippen molar-refractivity contribution in [2.75, 3.05) is 13.1 Å². The zero-order chi connectivity index (χ0) is 21.7. The van der Waals surface area contributed by atoms with Gasteiger partial charge in [-0.2, -0.15) is 4.31 Å². The maximum absolute atomic E-state index is 13.1. The number of carbonyl (C=O) groups is 1. The van der Waals surface area contributed by atoms with Crippen molar-refractivity contribution in [3.05, 3.63) is 66.0 Å². The Bertz CT molecular complexity index is 938. The van der Waals surface area contributed by atoms with Crippen LogP contribution in [0, 0.1) is 17.7 Å². The van der Waals surface area contributed by atoms with Crippen molar-refractivity contribution < 1.29 is 17.6 Å². The molecule has 1 aliphatic rings. The molecular weight excluding hydrogens is 403 g/mol. The highest BCUT2D eigenvalue weighted by molar-refractivity contribution is 7.89. The Morgan fingerprint density at radius 3 is 2.23 bits per heavy atom. The number of benzene rings is 2. The zero-order valence-electron chi connectivity index (χ0n) is 17.4. The number of hydrogen-bond donors (Lipinski definition) is 1. The first-order valence-electron chi connectivity index (χ1n) is 10.4. The SMILES string of the molecule is CC(C)C[C@H](NC(=O)C1CCN(S(=O)(=O)c2ccc(F)cc2)CC1)c1ccccc1. The molecule has 0 saturated carbocycles. The maximum Gasteiger partial charge on any atom is 0.243 e. The number of nitrogens with zero attached hydrogens (tertiary/aromatic N) is 1. The molecule has 0 aliphatic carbocycles. The molecule has 1 N–H and O–H groups in total. The van der Waals surface area contributed by atoms with Crippen LogP contribution in [-0.4, -0.2) is 31.7 Å². The molecule has 0 aromatic heterocycles. The number of amides is 1. The van der Waals surface area contributed by atoms with Gasteiger partial charge in [-0.25, -0.2) is 12.8 Å². The molecule has 0 radical (unpaired) electrons. The van der Waals surface area contributed by atoms with Crippen LogP contribution >= 0.6 is 0 Å². The topological polar surface area (TPSA) is 66.5 Å². The molecule has 2 aromatic rings. The highest BCUT2D eigenvalue weighted by Crippen LogP contribution is 2.26. The monoisotopic (exact) mass is 432 g/mol. The standard InChI is InChI=1S/C23H29FN2O3S/c1-17(2)16-22(18-6-4-3-5-7-18)25-23(27)19-12-14-26(15-13-19)30(28,29)21-10-8-20(24)9-11-21/h3-11,17,19,22H,12-16H2,1-2H3,(H,25,27)/t22-/m0/s1. The summed E-state index contributed by atoms with van der Waals surface area (Å²) in [4.78, 5) is 13.0. The van der Waals surface area contributed by atoms with Gasteiger partial charge in [0.05, 0.1) is 10.9 Å². The van der Waals surface area contributed by atoms with Crippen molar-refractivity contribution >= 4 is 15.9 Å². The molecule has 3 rings (SSSR count). The van der Waals surface area contributed by atoms with Crippen molar-refractivity contribution in [3.63, 3.8) is 0 Å². The van der Waals surface area contributed by atoms with Crippen LogP contribution in [0.4, 0.5) is 4.39 Å². The number of carbonyl (C=O) groups excluding carboxylic acids is 1. The van der Waals surface area contributed by atoms with E-state index in [0.29, 0.717) is 18.8 Å². The molecule has 1 amide bonds. The summed E-state index contributed by atoms with van der Waals surface area (Å²) in [5, 5.41) is 3.18. The number of hydrogen-bond acceptors (Lipinski definition) is 3. The number of rotatable bonds is 7. The molecule has 1 fully saturated rings. The third kappa shape index (κ3) is 5.46. The molecule has 7 heteroatoms. The van der Waals surface area contributed by atoms with Gasteiger partial charge in [-0.05, 0) is 55.0 Å². The lowest BCUT2D eigenvalue weighted by Crippen LogP contribution is -2.43. The fraction of sp³-hybridized carbons (Fsp3) is 0.435. The number of sulfonamides is 1. The Morgan fingerprint density at radius 1 is 1.07 bits per heavy atom. The first kappa shape index (κ1) is 22.4. The van der Waals surface area contributed by atoms with Crippen molar-refractivity contribution in [1.82, 2.24) is 9.62 Å². The lowest BCUT2D eigenvalue weighted by molar-refractivity contribution is -0.127. The van der Waals surface area contributed by atoms with E-state index in [4.69, 9.17) is 0 Å². The Balaban J connectivity index is 1.62. The van der Waals surface area contributed by atoms with E-state index in [2.05, 4.69) is 19.2 Å². The van der Waals surface area contributed by atoms with Gasteiger partial charge < -0.3 is 5.32 Å². The molecule has 2 aromatic carbocycles.